The van der Waals surface area contributed by atoms with E-state index in [9.17, 15) is 9.59 Å². The molecule has 0 spiro atoms. The third-order valence-corrected chi connectivity index (χ3v) is 4.47. The Morgan fingerprint density at radius 1 is 1.25 bits per heavy atom. The number of rotatable bonds is 2. The largest absolute Gasteiger partial charge is 0.454 e. The Morgan fingerprint density at radius 2 is 2.12 bits per heavy atom. The second kappa shape index (κ2) is 5.99. The van der Waals surface area contributed by atoms with E-state index in [1.54, 1.807) is 24.3 Å². The molecule has 24 heavy (non-hydrogen) atoms. The molecule has 0 saturated carbocycles. The van der Waals surface area contributed by atoms with Crippen molar-refractivity contribution in [1.82, 2.24) is 14.9 Å². The van der Waals surface area contributed by atoms with Crippen LogP contribution in [0.2, 0.25) is 0 Å². The number of amides is 1. The molecule has 2 aromatic rings. The van der Waals surface area contributed by atoms with Gasteiger partial charge in [0.1, 0.15) is 0 Å². The fourth-order valence-corrected chi connectivity index (χ4v) is 3.25. The number of hydrogen-bond acceptors (Lipinski definition) is 5. The number of piperidine rings is 1. The highest BCUT2D eigenvalue weighted by atomic mass is 16.7. The van der Waals surface area contributed by atoms with Crippen molar-refractivity contribution in [2.45, 2.75) is 18.8 Å². The Labute approximate surface area is 138 Å². The Morgan fingerprint density at radius 3 is 3.00 bits per heavy atom. The number of carbonyl (C=O) groups excluding carboxylic acids is 1. The summed E-state index contributed by atoms with van der Waals surface area (Å²) >= 11 is 0. The summed E-state index contributed by atoms with van der Waals surface area (Å²) in [5, 5.41) is 0. The molecular formula is C17H17N3O4. The molecular weight excluding hydrogens is 310 g/mol. The van der Waals surface area contributed by atoms with Gasteiger partial charge in [0.2, 0.25) is 6.79 Å². The summed E-state index contributed by atoms with van der Waals surface area (Å²) in [5.74, 6) is 1.35. The smallest absolute Gasteiger partial charge is 0.345 e. The van der Waals surface area contributed by atoms with Crippen LogP contribution in [0, 0.1) is 0 Å². The van der Waals surface area contributed by atoms with E-state index in [-0.39, 0.29) is 24.3 Å². The van der Waals surface area contributed by atoms with Gasteiger partial charge < -0.3 is 19.4 Å². The first kappa shape index (κ1) is 14.7. The molecule has 1 N–H and O–H groups in total. The van der Waals surface area contributed by atoms with Crippen molar-refractivity contribution in [1.29, 1.82) is 0 Å². The molecule has 124 valence electrons. The van der Waals surface area contributed by atoms with E-state index in [0.29, 0.717) is 30.2 Å². The molecule has 2 aliphatic rings. The third-order valence-electron chi connectivity index (χ3n) is 4.47. The van der Waals surface area contributed by atoms with Crippen molar-refractivity contribution >= 4 is 5.91 Å². The first-order valence-corrected chi connectivity index (χ1v) is 7.95. The van der Waals surface area contributed by atoms with Crippen LogP contribution in [0.15, 0.2) is 35.3 Å². The zero-order chi connectivity index (χ0) is 16.5. The quantitative estimate of drug-likeness (QED) is 0.904. The summed E-state index contributed by atoms with van der Waals surface area (Å²) in [7, 11) is 0. The molecule has 4 rings (SSSR count). The summed E-state index contributed by atoms with van der Waals surface area (Å²) in [6, 6.07) is 7.05. The lowest BCUT2D eigenvalue weighted by Gasteiger charge is -2.32. The summed E-state index contributed by atoms with van der Waals surface area (Å²) in [6.07, 6.45) is 3.34. The number of carbonyl (C=O) groups is 1. The molecule has 0 bridgehead atoms. The lowest BCUT2D eigenvalue weighted by Crippen LogP contribution is -2.39. The topological polar surface area (TPSA) is 84.5 Å². The highest BCUT2D eigenvalue weighted by molar-refractivity contribution is 5.95. The molecule has 0 radical (unpaired) electrons. The normalized spacial score (nSPS) is 19.3. The summed E-state index contributed by atoms with van der Waals surface area (Å²) in [5.41, 5.74) is 1.06. The van der Waals surface area contributed by atoms with Gasteiger partial charge in [-0.1, -0.05) is 0 Å². The van der Waals surface area contributed by atoms with Gasteiger partial charge in [0, 0.05) is 36.5 Å². The van der Waals surface area contributed by atoms with Gasteiger partial charge in [-0.05, 0) is 37.1 Å². The summed E-state index contributed by atoms with van der Waals surface area (Å²) in [6.45, 7) is 1.47. The van der Waals surface area contributed by atoms with Crippen LogP contribution in [0.5, 0.6) is 11.5 Å². The number of nitrogens with one attached hydrogen (secondary N) is 1. The van der Waals surface area contributed by atoms with Crippen molar-refractivity contribution in [3.05, 3.63) is 52.2 Å². The predicted molar refractivity (Wildman–Crippen MR) is 85.3 cm³/mol. The molecule has 1 atom stereocenters. The average Bonchev–Trinajstić information content (AvgIpc) is 3.09. The van der Waals surface area contributed by atoms with Crippen LogP contribution >= 0.6 is 0 Å². The number of nitrogens with zero attached hydrogens (tertiary/aromatic N) is 2. The van der Waals surface area contributed by atoms with Gasteiger partial charge in [-0.15, -0.1) is 0 Å². The first-order chi connectivity index (χ1) is 11.7. The van der Waals surface area contributed by atoms with Crippen LogP contribution in [-0.2, 0) is 0 Å². The summed E-state index contributed by atoms with van der Waals surface area (Å²) < 4.78 is 10.6. The SMILES string of the molecule is O=C(c1ccc2c(c1)OCO2)N1CCCC(c2ccnc(=O)[nH]2)C1. The number of likely N-dealkylation sites (tertiary alicyclic amines) is 1. The van der Waals surface area contributed by atoms with E-state index < -0.39 is 0 Å². The van der Waals surface area contributed by atoms with Gasteiger partial charge in [0.05, 0.1) is 0 Å². The van der Waals surface area contributed by atoms with Gasteiger partial charge in [-0.3, -0.25) is 4.79 Å². The zero-order valence-electron chi connectivity index (χ0n) is 13.0. The molecule has 1 aromatic heterocycles. The minimum Gasteiger partial charge on any atom is -0.454 e. The van der Waals surface area contributed by atoms with E-state index in [0.717, 1.165) is 18.5 Å². The van der Waals surface area contributed by atoms with E-state index in [1.165, 1.54) is 6.20 Å². The van der Waals surface area contributed by atoms with Crippen LogP contribution in [0.25, 0.3) is 0 Å². The van der Waals surface area contributed by atoms with Crippen LogP contribution in [0.4, 0.5) is 0 Å². The number of ether oxygens (including phenoxy) is 2. The number of aromatic nitrogens is 2. The molecule has 0 aliphatic carbocycles. The standard InChI is InChI=1S/C17H17N3O4/c21-16(11-3-4-14-15(8-11)24-10-23-14)20-7-1-2-12(9-20)13-5-6-18-17(22)19-13/h3-6,8,12H,1-2,7,9-10H2,(H,18,19,22). The fraction of sp³-hybridized carbons (Fsp3) is 0.353. The second-order valence-electron chi connectivity index (χ2n) is 5.99. The molecule has 7 nitrogen and oxygen atoms in total. The van der Waals surface area contributed by atoms with Gasteiger partial charge in [-0.25, -0.2) is 9.78 Å². The maximum Gasteiger partial charge on any atom is 0.345 e. The number of H-pyrrole nitrogens is 1. The number of aromatic amines is 1. The molecule has 1 unspecified atom stereocenters. The Bertz CT molecular complexity index is 833. The minimum atomic E-state index is -0.355. The highest BCUT2D eigenvalue weighted by Crippen LogP contribution is 2.33. The summed E-state index contributed by atoms with van der Waals surface area (Å²) in [4.78, 5) is 32.4. The van der Waals surface area contributed by atoms with Crippen LogP contribution in [0.1, 0.15) is 34.8 Å². The maximum absolute atomic E-state index is 12.8. The lowest BCUT2D eigenvalue weighted by molar-refractivity contribution is 0.0705. The molecule has 1 saturated heterocycles. The number of fused-ring (bicyclic) bond motifs is 1. The number of hydrogen-bond donors (Lipinski definition) is 1. The Hall–Kier alpha value is -2.83. The molecule has 2 aliphatic heterocycles. The molecule has 3 heterocycles. The number of benzene rings is 1. The molecule has 7 heteroatoms. The van der Waals surface area contributed by atoms with E-state index in [1.807, 2.05) is 4.90 Å². The average molecular weight is 327 g/mol. The van der Waals surface area contributed by atoms with Crippen molar-refractivity contribution in [3.8, 4) is 11.5 Å². The lowest BCUT2D eigenvalue weighted by atomic mass is 9.94. The van der Waals surface area contributed by atoms with Crippen molar-refractivity contribution < 1.29 is 14.3 Å². The van der Waals surface area contributed by atoms with Crippen molar-refractivity contribution in [2.24, 2.45) is 0 Å². The van der Waals surface area contributed by atoms with E-state index in [4.69, 9.17) is 9.47 Å². The third kappa shape index (κ3) is 2.73. The fourth-order valence-electron chi connectivity index (χ4n) is 3.25. The van der Waals surface area contributed by atoms with E-state index in [2.05, 4.69) is 9.97 Å². The van der Waals surface area contributed by atoms with Gasteiger partial charge in [-0.2, -0.15) is 0 Å². The van der Waals surface area contributed by atoms with Crippen molar-refractivity contribution in [2.75, 3.05) is 19.9 Å². The second-order valence-corrected chi connectivity index (χ2v) is 5.99. The molecule has 1 fully saturated rings. The highest BCUT2D eigenvalue weighted by Gasteiger charge is 2.27. The Balaban J connectivity index is 1.53. The first-order valence-electron chi connectivity index (χ1n) is 7.95. The maximum atomic E-state index is 12.8. The van der Waals surface area contributed by atoms with Crippen LogP contribution in [0.3, 0.4) is 0 Å². The molecule has 1 aromatic carbocycles. The van der Waals surface area contributed by atoms with Gasteiger partial charge in [0.25, 0.3) is 5.91 Å². The monoisotopic (exact) mass is 327 g/mol. The van der Waals surface area contributed by atoms with Gasteiger partial charge >= 0.3 is 5.69 Å². The van der Waals surface area contributed by atoms with Crippen molar-refractivity contribution in [3.63, 3.8) is 0 Å². The molecule has 1 amide bonds. The van der Waals surface area contributed by atoms with Crippen LogP contribution in [-0.4, -0.2) is 40.7 Å². The van der Waals surface area contributed by atoms with Crippen LogP contribution < -0.4 is 15.2 Å². The predicted octanol–water partition coefficient (Wildman–Crippen LogP) is 1.52. The van der Waals surface area contributed by atoms with Gasteiger partial charge in [0.15, 0.2) is 11.5 Å². The minimum absolute atomic E-state index is 0.0330. The van der Waals surface area contributed by atoms with E-state index >= 15 is 0 Å². The zero-order valence-corrected chi connectivity index (χ0v) is 13.0. The Kier molecular flexibility index (Phi) is 3.68.